The van der Waals surface area contributed by atoms with Crippen LogP contribution in [0.3, 0.4) is 0 Å². The quantitative estimate of drug-likeness (QED) is 0.483. The Morgan fingerprint density at radius 3 is 2.69 bits per heavy atom. The van der Waals surface area contributed by atoms with Crippen molar-refractivity contribution in [3.8, 4) is 0 Å². The van der Waals surface area contributed by atoms with E-state index in [9.17, 15) is 4.79 Å². The van der Waals surface area contributed by atoms with Gasteiger partial charge in [-0.1, -0.05) is 38.0 Å². The minimum absolute atomic E-state index is 0.327. The molecule has 0 aromatic heterocycles. The fourth-order valence-corrected chi connectivity index (χ4v) is 4.12. The van der Waals surface area contributed by atoms with Crippen LogP contribution in [0.4, 0.5) is 0 Å². The van der Waals surface area contributed by atoms with Crippen LogP contribution >= 0.6 is 0 Å². The van der Waals surface area contributed by atoms with Gasteiger partial charge in [-0.3, -0.25) is 4.79 Å². The minimum Gasteiger partial charge on any atom is -0.298 e. The summed E-state index contributed by atoms with van der Waals surface area (Å²) in [4.78, 5) is 11.2. The Morgan fingerprint density at radius 2 is 2.12 bits per heavy atom. The van der Waals surface area contributed by atoms with E-state index in [1.165, 1.54) is 24.0 Å². The number of aldehydes is 1. The van der Waals surface area contributed by atoms with Crippen LogP contribution in [0.2, 0.25) is 0 Å². The number of hydrogen-bond donors (Lipinski definition) is 0. The number of fused-ring (bicyclic) bond motifs is 3. The maximum atomic E-state index is 11.2. The molecule has 0 bridgehead atoms. The highest BCUT2D eigenvalue weighted by atomic mass is 16.1. The van der Waals surface area contributed by atoms with E-state index in [-0.39, 0.29) is 0 Å². The second-order valence-corrected chi connectivity index (χ2v) is 6.68. The van der Waals surface area contributed by atoms with Gasteiger partial charge in [0, 0.05) is 0 Å². The van der Waals surface area contributed by atoms with Crippen molar-refractivity contribution < 1.29 is 4.79 Å². The summed E-state index contributed by atoms with van der Waals surface area (Å²) in [6.45, 7) is 7.01. The Balaban J connectivity index is 2.07. The maximum Gasteiger partial charge on any atom is 0.146 e. The topological polar surface area (TPSA) is 17.1 Å². The van der Waals surface area contributed by atoms with Crippen LogP contribution in [0.1, 0.15) is 46.5 Å². The molecular formula is C15H20O. The zero-order valence-corrected chi connectivity index (χ0v) is 10.5. The first-order valence-electron chi connectivity index (χ1n) is 6.36. The largest absolute Gasteiger partial charge is 0.298 e. The molecule has 0 spiro atoms. The first-order chi connectivity index (χ1) is 7.46. The summed E-state index contributed by atoms with van der Waals surface area (Å²) in [5.41, 5.74) is 4.77. The molecule has 0 aromatic rings. The average molecular weight is 216 g/mol. The standard InChI is InChI=1S/C15H20O/c1-14(2)7-10-6-11(9-16)12-4-5-15(12,3)13(10)8-14/h7,9,13H,4-6,8H2,1-3H3/t13-,15-/m1/s1. The molecule has 2 atom stereocenters. The number of allylic oxidation sites excluding steroid dienone is 4. The molecule has 1 saturated carbocycles. The Labute approximate surface area is 97.6 Å². The molecule has 3 aliphatic rings. The molecule has 0 aliphatic heterocycles. The van der Waals surface area contributed by atoms with Crippen LogP contribution in [-0.4, -0.2) is 6.29 Å². The molecule has 0 N–H and O–H groups in total. The van der Waals surface area contributed by atoms with Crippen molar-refractivity contribution in [3.05, 3.63) is 22.8 Å². The molecule has 86 valence electrons. The van der Waals surface area contributed by atoms with Crippen LogP contribution in [-0.2, 0) is 4.79 Å². The molecule has 16 heavy (non-hydrogen) atoms. The van der Waals surface area contributed by atoms with Crippen molar-refractivity contribution in [2.24, 2.45) is 16.7 Å². The Bertz CT molecular complexity index is 425. The van der Waals surface area contributed by atoms with Gasteiger partial charge in [0.15, 0.2) is 0 Å². The summed E-state index contributed by atoms with van der Waals surface area (Å²) in [6, 6.07) is 0. The zero-order chi connectivity index (χ0) is 11.6. The van der Waals surface area contributed by atoms with Gasteiger partial charge in [-0.2, -0.15) is 0 Å². The molecule has 0 saturated heterocycles. The summed E-state index contributed by atoms with van der Waals surface area (Å²) < 4.78 is 0. The van der Waals surface area contributed by atoms with E-state index in [1.807, 2.05) is 0 Å². The van der Waals surface area contributed by atoms with E-state index in [0.29, 0.717) is 10.8 Å². The first kappa shape index (κ1) is 10.3. The van der Waals surface area contributed by atoms with Crippen molar-refractivity contribution in [1.29, 1.82) is 0 Å². The summed E-state index contributed by atoms with van der Waals surface area (Å²) in [5, 5.41) is 0. The number of hydrogen-bond acceptors (Lipinski definition) is 1. The van der Waals surface area contributed by atoms with Gasteiger partial charge in [0.05, 0.1) is 0 Å². The normalized spacial score (nSPS) is 39.7. The Morgan fingerprint density at radius 1 is 1.38 bits per heavy atom. The molecule has 1 fully saturated rings. The van der Waals surface area contributed by atoms with Gasteiger partial charge in [-0.25, -0.2) is 0 Å². The molecule has 0 aromatic carbocycles. The lowest BCUT2D eigenvalue weighted by atomic mass is 9.52. The zero-order valence-electron chi connectivity index (χ0n) is 10.5. The predicted octanol–water partition coefficient (Wildman–Crippen LogP) is 3.66. The van der Waals surface area contributed by atoms with Crippen LogP contribution in [0.15, 0.2) is 22.8 Å². The van der Waals surface area contributed by atoms with Gasteiger partial charge in [0.25, 0.3) is 0 Å². The maximum absolute atomic E-state index is 11.2. The van der Waals surface area contributed by atoms with E-state index in [0.717, 1.165) is 30.6 Å². The van der Waals surface area contributed by atoms with Crippen LogP contribution < -0.4 is 0 Å². The third-order valence-corrected chi connectivity index (χ3v) is 5.03. The van der Waals surface area contributed by atoms with Crippen LogP contribution in [0.25, 0.3) is 0 Å². The molecular weight excluding hydrogens is 196 g/mol. The number of carbonyl (C=O) groups excluding carboxylic acids is 1. The monoisotopic (exact) mass is 216 g/mol. The molecule has 1 heteroatoms. The fraction of sp³-hybridized carbons (Fsp3) is 0.667. The highest BCUT2D eigenvalue weighted by molar-refractivity contribution is 5.78. The second-order valence-electron chi connectivity index (χ2n) is 6.68. The lowest BCUT2D eigenvalue weighted by molar-refractivity contribution is -0.105. The van der Waals surface area contributed by atoms with E-state index in [1.54, 1.807) is 0 Å². The number of carbonyl (C=O) groups is 1. The van der Waals surface area contributed by atoms with Gasteiger partial charge in [-0.05, 0) is 48.0 Å². The minimum atomic E-state index is 0.327. The molecule has 0 unspecified atom stereocenters. The summed E-state index contributed by atoms with van der Waals surface area (Å²) in [7, 11) is 0. The summed E-state index contributed by atoms with van der Waals surface area (Å²) in [6.07, 6.45) is 8.18. The van der Waals surface area contributed by atoms with Crippen molar-refractivity contribution in [2.45, 2.75) is 46.5 Å². The Hall–Kier alpha value is -0.850. The van der Waals surface area contributed by atoms with Gasteiger partial charge >= 0.3 is 0 Å². The summed E-state index contributed by atoms with van der Waals surface area (Å²) in [5.74, 6) is 0.718. The SMILES string of the molecule is CC1(C)C=C2CC(C=O)=C3CC[C@@]3(C)[C@@H]2C1. The van der Waals surface area contributed by atoms with E-state index < -0.39 is 0 Å². The van der Waals surface area contributed by atoms with E-state index >= 15 is 0 Å². The van der Waals surface area contributed by atoms with Crippen molar-refractivity contribution in [2.75, 3.05) is 0 Å². The molecule has 0 radical (unpaired) electrons. The van der Waals surface area contributed by atoms with Crippen LogP contribution in [0, 0.1) is 16.7 Å². The average Bonchev–Trinajstić information content (AvgIpc) is 2.49. The third-order valence-electron chi connectivity index (χ3n) is 5.03. The second kappa shape index (κ2) is 2.88. The highest BCUT2D eigenvalue weighted by Gasteiger charge is 2.52. The van der Waals surface area contributed by atoms with Gasteiger partial charge in [0.1, 0.15) is 6.29 Å². The molecule has 1 nitrogen and oxygen atoms in total. The highest BCUT2D eigenvalue weighted by Crippen LogP contribution is 2.63. The first-order valence-corrected chi connectivity index (χ1v) is 6.36. The molecule has 0 amide bonds. The summed E-state index contributed by atoms with van der Waals surface area (Å²) >= 11 is 0. The predicted molar refractivity (Wildman–Crippen MR) is 65.0 cm³/mol. The van der Waals surface area contributed by atoms with E-state index in [2.05, 4.69) is 26.8 Å². The fourth-order valence-electron chi connectivity index (χ4n) is 4.12. The van der Waals surface area contributed by atoms with Crippen molar-refractivity contribution in [3.63, 3.8) is 0 Å². The third kappa shape index (κ3) is 1.15. The van der Waals surface area contributed by atoms with Crippen molar-refractivity contribution in [1.82, 2.24) is 0 Å². The molecule has 0 heterocycles. The van der Waals surface area contributed by atoms with Gasteiger partial charge in [-0.15, -0.1) is 0 Å². The van der Waals surface area contributed by atoms with Crippen molar-refractivity contribution >= 4 is 6.29 Å². The smallest absolute Gasteiger partial charge is 0.146 e. The van der Waals surface area contributed by atoms with Crippen LogP contribution in [0.5, 0.6) is 0 Å². The van der Waals surface area contributed by atoms with Gasteiger partial charge < -0.3 is 0 Å². The Kier molecular flexibility index (Phi) is 1.86. The molecule has 3 aliphatic carbocycles. The number of rotatable bonds is 1. The van der Waals surface area contributed by atoms with Gasteiger partial charge in [0.2, 0.25) is 0 Å². The lowest BCUT2D eigenvalue weighted by Crippen LogP contribution is -2.41. The lowest BCUT2D eigenvalue weighted by Gasteiger charge is -2.52. The molecule has 3 rings (SSSR count). The van der Waals surface area contributed by atoms with E-state index in [4.69, 9.17) is 0 Å².